The summed E-state index contributed by atoms with van der Waals surface area (Å²) in [7, 11) is 0. The Labute approximate surface area is 477 Å². The van der Waals surface area contributed by atoms with Crippen molar-refractivity contribution in [1.29, 1.82) is 0 Å². The molecule has 0 aromatic heterocycles. The Bertz CT molecular complexity index is 1470. The van der Waals surface area contributed by atoms with Crippen LogP contribution in [0.5, 0.6) is 0 Å². The third-order valence-corrected chi connectivity index (χ3v) is 14.4. The number of ether oxygens (including phenoxy) is 3. The number of carbonyl (C=O) groups excluding carboxylic acids is 3. The van der Waals surface area contributed by atoms with Gasteiger partial charge < -0.3 is 14.2 Å². The van der Waals surface area contributed by atoms with Crippen molar-refractivity contribution in [2.45, 2.75) is 335 Å². The fourth-order valence-corrected chi connectivity index (χ4v) is 9.44. The molecule has 444 valence electrons. The van der Waals surface area contributed by atoms with Crippen molar-refractivity contribution >= 4 is 17.9 Å². The first kappa shape index (κ1) is 73.6. The highest BCUT2D eigenvalue weighted by atomic mass is 16.6. The molecule has 0 saturated heterocycles. The molecule has 0 rings (SSSR count). The zero-order valence-corrected chi connectivity index (χ0v) is 51.0. The van der Waals surface area contributed by atoms with Gasteiger partial charge in [0.25, 0.3) is 0 Å². The Hall–Kier alpha value is -3.41. The minimum Gasteiger partial charge on any atom is -0.462 e. The second-order valence-corrected chi connectivity index (χ2v) is 22.0. The van der Waals surface area contributed by atoms with Crippen LogP contribution in [-0.2, 0) is 28.6 Å². The minimum atomic E-state index is -0.785. The summed E-state index contributed by atoms with van der Waals surface area (Å²) >= 11 is 0. The molecular weight excluding hydrogens is 949 g/mol. The van der Waals surface area contributed by atoms with Gasteiger partial charge in [-0.3, -0.25) is 14.4 Å². The number of hydrogen-bond acceptors (Lipinski definition) is 6. The molecule has 0 fully saturated rings. The van der Waals surface area contributed by atoms with E-state index in [1.54, 1.807) is 0 Å². The van der Waals surface area contributed by atoms with E-state index in [1.165, 1.54) is 180 Å². The van der Waals surface area contributed by atoms with Crippen LogP contribution in [-0.4, -0.2) is 37.2 Å². The molecule has 1 atom stereocenters. The molecule has 0 aliphatic rings. The number of esters is 3. The molecule has 0 aromatic rings. The lowest BCUT2D eigenvalue weighted by molar-refractivity contribution is -0.167. The van der Waals surface area contributed by atoms with Crippen LogP contribution < -0.4 is 0 Å². The van der Waals surface area contributed by atoms with Gasteiger partial charge in [-0.15, -0.1) is 0 Å². The Balaban J connectivity index is 4.38. The van der Waals surface area contributed by atoms with Crippen molar-refractivity contribution in [1.82, 2.24) is 0 Å². The molecule has 0 aliphatic heterocycles. The zero-order valence-electron chi connectivity index (χ0n) is 51.0. The highest BCUT2D eigenvalue weighted by Gasteiger charge is 2.19. The van der Waals surface area contributed by atoms with Gasteiger partial charge in [0.05, 0.1) is 0 Å². The quantitative estimate of drug-likeness (QED) is 0.0261. The molecule has 6 nitrogen and oxygen atoms in total. The van der Waals surface area contributed by atoms with Crippen LogP contribution >= 0.6 is 0 Å². The van der Waals surface area contributed by atoms with Crippen molar-refractivity contribution in [3.05, 3.63) is 85.1 Å². The fourth-order valence-electron chi connectivity index (χ4n) is 9.44. The molecule has 0 aliphatic carbocycles. The summed E-state index contributed by atoms with van der Waals surface area (Å²) in [5, 5.41) is 0. The zero-order chi connectivity index (χ0) is 55.7. The van der Waals surface area contributed by atoms with E-state index in [0.29, 0.717) is 19.3 Å². The third kappa shape index (κ3) is 63.3. The van der Waals surface area contributed by atoms with E-state index in [2.05, 4.69) is 106 Å². The van der Waals surface area contributed by atoms with E-state index >= 15 is 0 Å². The maximum Gasteiger partial charge on any atom is 0.306 e. The van der Waals surface area contributed by atoms with Crippen LogP contribution in [0.4, 0.5) is 0 Å². The monoisotopic (exact) mass is 1070 g/mol. The Morgan fingerprint density at radius 1 is 0.273 bits per heavy atom. The first-order valence-electron chi connectivity index (χ1n) is 33.1. The predicted molar refractivity (Wildman–Crippen MR) is 334 cm³/mol. The van der Waals surface area contributed by atoms with Crippen molar-refractivity contribution in [3.8, 4) is 0 Å². The molecule has 0 heterocycles. The maximum atomic E-state index is 12.9. The highest BCUT2D eigenvalue weighted by Crippen LogP contribution is 2.17. The number of carbonyl (C=O) groups is 3. The first-order chi connectivity index (χ1) is 38.0. The molecule has 1 unspecified atom stereocenters. The Morgan fingerprint density at radius 2 is 0.506 bits per heavy atom. The smallest absolute Gasteiger partial charge is 0.306 e. The molecule has 77 heavy (non-hydrogen) atoms. The van der Waals surface area contributed by atoms with E-state index in [0.717, 1.165) is 109 Å². The lowest BCUT2D eigenvalue weighted by Crippen LogP contribution is -2.30. The average molecular weight is 1070 g/mol. The predicted octanol–water partition coefficient (Wildman–Crippen LogP) is 22.7. The van der Waals surface area contributed by atoms with E-state index in [-0.39, 0.29) is 31.1 Å². The summed E-state index contributed by atoms with van der Waals surface area (Å²) in [6.07, 6.45) is 85.8. The summed E-state index contributed by atoms with van der Waals surface area (Å²) in [6, 6.07) is 0. The van der Waals surface area contributed by atoms with Crippen molar-refractivity contribution in [2.75, 3.05) is 13.2 Å². The van der Waals surface area contributed by atoms with E-state index in [4.69, 9.17) is 14.2 Å². The molecule has 0 radical (unpaired) electrons. The molecule has 0 bridgehead atoms. The number of unbranched alkanes of at least 4 members (excludes halogenated alkanes) is 35. The van der Waals surface area contributed by atoms with Crippen LogP contribution in [0.3, 0.4) is 0 Å². The van der Waals surface area contributed by atoms with Crippen molar-refractivity contribution < 1.29 is 28.6 Å². The van der Waals surface area contributed by atoms with Crippen LogP contribution in [0.1, 0.15) is 329 Å². The minimum absolute atomic E-state index is 0.0815. The highest BCUT2D eigenvalue weighted by molar-refractivity contribution is 5.71. The van der Waals surface area contributed by atoms with Crippen LogP contribution in [0, 0.1) is 0 Å². The summed E-state index contributed by atoms with van der Waals surface area (Å²) in [5.74, 6) is -0.883. The van der Waals surface area contributed by atoms with Crippen LogP contribution in [0.2, 0.25) is 0 Å². The molecular formula is C71H124O6. The largest absolute Gasteiger partial charge is 0.462 e. The van der Waals surface area contributed by atoms with Gasteiger partial charge in [0.1, 0.15) is 13.2 Å². The van der Waals surface area contributed by atoms with E-state index in [9.17, 15) is 14.4 Å². The molecule has 0 N–H and O–H groups in total. The molecule has 0 aromatic carbocycles. The second kappa shape index (κ2) is 65.1. The van der Waals surface area contributed by atoms with Gasteiger partial charge in [-0.05, 0) is 96.3 Å². The van der Waals surface area contributed by atoms with Gasteiger partial charge in [-0.25, -0.2) is 0 Å². The fraction of sp³-hybridized carbons (Fsp3) is 0.761. The second-order valence-electron chi connectivity index (χ2n) is 22.0. The van der Waals surface area contributed by atoms with Crippen LogP contribution in [0.25, 0.3) is 0 Å². The van der Waals surface area contributed by atoms with Gasteiger partial charge in [0, 0.05) is 19.3 Å². The topological polar surface area (TPSA) is 78.9 Å². The average Bonchev–Trinajstić information content (AvgIpc) is 3.43. The SMILES string of the molecule is CC/C=C\C/C=C\C/C=C\C/C=C\C/C=C\CCCCCCCCCC(=O)OCC(COC(=O)CCCCCCCCC/C=C\C/C=C\CCCCC)OC(=O)CCCCCCCCCCCCCCCCCCCCC. The Kier molecular flexibility index (Phi) is 62.2. The summed E-state index contributed by atoms with van der Waals surface area (Å²) in [6.45, 7) is 6.53. The van der Waals surface area contributed by atoms with E-state index < -0.39 is 6.10 Å². The van der Waals surface area contributed by atoms with Gasteiger partial charge in [0.15, 0.2) is 6.10 Å². The number of allylic oxidation sites excluding steroid dienone is 14. The van der Waals surface area contributed by atoms with Gasteiger partial charge in [-0.2, -0.15) is 0 Å². The molecule has 0 saturated carbocycles. The van der Waals surface area contributed by atoms with Gasteiger partial charge >= 0.3 is 17.9 Å². The molecule has 6 heteroatoms. The first-order valence-corrected chi connectivity index (χ1v) is 33.1. The summed E-state index contributed by atoms with van der Waals surface area (Å²) in [4.78, 5) is 38.4. The van der Waals surface area contributed by atoms with Crippen LogP contribution in [0.15, 0.2) is 85.1 Å². The lowest BCUT2D eigenvalue weighted by atomic mass is 10.0. The van der Waals surface area contributed by atoms with Crippen molar-refractivity contribution in [2.24, 2.45) is 0 Å². The molecule has 0 amide bonds. The van der Waals surface area contributed by atoms with Crippen molar-refractivity contribution in [3.63, 3.8) is 0 Å². The van der Waals surface area contributed by atoms with E-state index in [1.807, 2.05) is 0 Å². The van der Waals surface area contributed by atoms with Gasteiger partial charge in [-0.1, -0.05) is 298 Å². The third-order valence-electron chi connectivity index (χ3n) is 14.4. The van der Waals surface area contributed by atoms with Gasteiger partial charge in [0.2, 0.25) is 0 Å². The normalized spacial score (nSPS) is 12.6. The molecule has 0 spiro atoms. The summed E-state index contributed by atoms with van der Waals surface area (Å²) < 4.78 is 17.0. The maximum absolute atomic E-state index is 12.9. The summed E-state index contributed by atoms with van der Waals surface area (Å²) in [5.41, 5.74) is 0. The standard InChI is InChI=1S/C71H124O6/c1-4-7-10-13-16-19-22-25-28-31-33-34-35-36-38-40-43-46-49-52-55-58-61-64-70(73)76-67-68(66-75-69(72)63-60-57-54-51-48-45-42-39-30-27-24-21-18-15-12-9-6-3)77-71(74)65-62-59-56-53-50-47-44-41-37-32-29-26-23-20-17-14-11-8-5-2/h7,10,16,18-19,21,25,27-28,30,33-34,36,38,68H,4-6,8-9,11-15,17,20,22-24,26,29,31-32,35,37,39-67H2,1-3H3/b10-7-,19-16-,21-18-,28-25-,30-27-,34-33-,38-36-. The Morgan fingerprint density at radius 3 is 0.818 bits per heavy atom. The number of rotatable bonds is 60. The lowest BCUT2D eigenvalue weighted by Gasteiger charge is -2.18. The number of hydrogen-bond donors (Lipinski definition) is 0.